The van der Waals surface area contributed by atoms with Crippen LogP contribution in [0.25, 0.3) is 0 Å². The van der Waals surface area contributed by atoms with E-state index in [9.17, 15) is 10.2 Å². The van der Waals surface area contributed by atoms with Crippen LogP contribution >= 0.6 is 0 Å². The second-order valence-electron chi connectivity index (χ2n) is 11.0. The Morgan fingerprint density at radius 3 is 2.62 bits per heavy atom. The van der Waals surface area contributed by atoms with Crippen LogP contribution in [0, 0.1) is 29.1 Å². The molecule has 0 heterocycles. The van der Waals surface area contributed by atoms with E-state index < -0.39 is 12.2 Å². The van der Waals surface area contributed by atoms with E-state index in [1.807, 2.05) is 0 Å². The Bertz CT molecular complexity index is 643. The summed E-state index contributed by atoms with van der Waals surface area (Å²) in [6.07, 6.45) is 15.2. The van der Waals surface area contributed by atoms with Crippen LogP contribution in [-0.2, 0) is 0 Å². The summed E-state index contributed by atoms with van der Waals surface area (Å²) in [6.45, 7) is 13.8. The summed E-state index contributed by atoms with van der Waals surface area (Å²) >= 11 is 0. The van der Waals surface area contributed by atoms with Gasteiger partial charge in [0, 0.05) is 6.42 Å². The molecule has 0 unspecified atom stereocenters. The van der Waals surface area contributed by atoms with E-state index >= 15 is 0 Å². The summed E-state index contributed by atoms with van der Waals surface area (Å²) in [6, 6.07) is 0. The molecule has 0 aromatic heterocycles. The van der Waals surface area contributed by atoms with Crippen molar-refractivity contribution in [2.75, 3.05) is 0 Å². The van der Waals surface area contributed by atoms with Crippen LogP contribution in [0.4, 0.5) is 0 Å². The molecule has 0 radical (unpaired) electrons. The van der Waals surface area contributed by atoms with Crippen molar-refractivity contribution < 1.29 is 10.2 Å². The smallest absolute Gasteiger partial charge is 0.0811 e. The lowest BCUT2D eigenvalue weighted by Gasteiger charge is -2.44. The lowest BCUT2D eigenvalue weighted by Crippen LogP contribution is -2.36. The van der Waals surface area contributed by atoms with E-state index in [1.54, 1.807) is 5.57 Å². The highest BCUT2D eigenvalue weighted by Gasteiger charge is 2.50. The third kappa shape index (κ3) is 5.07. The van der Waals surface area contributed by atoms with Gasteiger partial charge in [0.1, 0.15) is 0 Å². The van der Waals surface area contributed by atoms with Gasteiger partial charge in [0.25, 0.3) is 0 Å². The summed E-state index contributed by atoms with van der Waals surface area (Å²) in [7, 11) is 0. The summed E-state index contributed by atoms with van der Waals surface area (Å²) < 4.78 is 0. The maximum Gasteiger partial charge on any atom is 0.0811 e. The minimum absolute atomic E-state index is 0.420. The standard InChI is InChI=1S/C27H44O2/c1-18(2)8-6-9-19(3)24-13-14-25-21(10-7-15-27(24,25)5)11-12-22-16-23(28)17-26(29)20(22)4/h11-12,18-19,23-26,28-29H,4,6-10,13-17H2,1-3,5H3/b21-11+,22-12-/t19-,23+,24+,25-,26-,27+/m0/s1. The first kappa shape index (κ1) is 22.8. The van der Waals surface area contributed by atoms with Gasteiger partial charge in [-0.15, -0.1) is 0 Å². The van der Waals surface area contributed by atoms with Crippen molar-refractivity contribution in [3.8, 4) is 0 Å². The van der Waals surface area contributed by atoms with Crippen molar-refractivity contribution in [1.29, 1.82) is 0 Å². The maximum atomic E-state index is 10.1. The average Bonchev–Trinajstić information content (AvgIpc) is 3.00. The number of allylic oxidation sites excluding steroid dienone is 3. The van der Waals surface area contributed by atoms with Gasteiger partial charge in [-0.1, -0.05) is 71.3 Å². The fourth-order valence-electron chi connectivity index (χ4n) is 6.73. The molecule has 3 fully saturated rings. The molecule has 3 aliphatic carbocycles. The van der Waals surface area contributed by atoms with Gasteiger partial charge in [0.05, 0.1) is 12.2 Å². The van der Waals surface area contributed by atoms with Crippen LogP contribution in [0.5, 0.6) is 0 Å². The fraction of sp³-hybridized carbons (Fsp3) is 0.778. The normalized spacial score (nSPS) is 39.3. The largest absolute Gasteiger partial charge is 0.393 e. The SMILES string of the molecule is C=C1/C(=C\C=C2/CCC[C@]3(C)[C@@H]([C@@H](C)CCCC(C)C)CC[C@@H]23)C[C@@H](O)C[C@@H]1O. The van der Waals surface area contributed by atoms with Crippen LogP contribution in [-0.4, -0.2) is 22.4 Å². The van der Waals surface area contributed by atoms with Crippen LogP contribution in [0.2, 0.25) is 0 Å². The Balaban J connectivity index is 1.71. The van der Waals surface area contributed by atoms with Crippen LogP contribution in [0.15, 0.2) is 35.5 Å². The average molecular weight is 401 g/mol. The third-order valence-corrected chi connectivity index (χ3v) is 8.43. The zero-order chi connectivity index (χ0) is 21.2. The van der Waals surface area contributed by atoms with E-state index in [-0.39, 0.29) is 0 Å². The van der Waals surface area contributed by atoms with E-state index in [2.05, 4.69) is 46.4 Å². The number of fused-ring (bicyclic) bond motifs is 1. The Hall–Kier alpha value is -0.860. The van der Waals surface area contributed by atoms with Gasteiger partial charge in [-0.05, 0) is 78.8 Å². The zero-order valence-electron chi connectivity index (χ0n) is 19.3. The molecule has 0 aliphatic heterocycles. The van der Waals surface area contributed by atoms with Gasteiger partial charge < -0.3 is 10.2 Å². The molecule has 3 saturated carbocycles. The van der Waals surface area contributed by atoms with Gasteiger partial charge in [-0.2, -0.15) is 0 Å². The third-order valence-electron chi connectivity index (χ3n) is 8.43. The maximum absolute atomic E-state index is 10.1. The Morgan fingerprint density at radius 2 is 1.90 bits per heavy atom. The molecule has 3 rings (SSSR count). The molecule has 164 valence electrons. The van der Waals surface area contributed by atoms with Gasteiger partial charge in [0.2, 0.25) is 0 Å². The predicted octanol–water partition coefficient (Wildman–Crippen LogP) is 6.59. The minimum atomic E-state index is -0.595. The zero-order valence-corrected chi connectivity index (χ0v) is 19.3. The van der Waals surface area contributed by atoms with Gasteiger partial charge >= 0.3 is 0 Å². The molecular weight excluding hydrogens is 356 g/mol. The summed E-state index contributed by atoms with van der Waals surface area (Å²) in [5.41, 5.74) is 3.88. The first-order valence-electron chi connectivity index (χ1n) is 12.2. The van der Waals surface area contributed by atoms with Gasteiger partial charge in [0.15, 0.2) is 0 Å². The molecule has 29 heavy (non-hydrogen) atoms. The molecule has 0 aromatic rings. The highest BCUT2D eigenvalue weighted by atomic mass is 16.3. The molecule has 2 N–H and O–H groups in total. The summed E-state index contributed by atoms with van der Waals surface area (Å²) in [4.78, 5) is 0. The minimum Gasteiger partial charge on any atom is -0.393 e. The highest BCUT2D eigenvalue weighted by Crippen LogP contribution is 2.59. The number of hydrogen-bond donors (Lipinski definition) is 2. The molecule has 2 heteroatoms. The van der Waals surface area contributed by atoms with E-state index in [4.69, 9.17) is 0 Å². The molecule has 6 atom stereocenters. The summed E-state index contributed by atoms with van der Waals surface area (Å²) in [5.74, 6) is 3.20. The Kier molecular flexibility index (Phi) is 7.49. The lowest BCUT2D eigenvalue weighted by atomic mass is 9.60. The molecule has 0 aromatic carbocycles. The molecule has 3 aliphatic rings. The van der Waals surface area contributed by atoms with Gasteiger partial charge in [-0.25, -0.2) is 0 Å². The molecular formula is C27H44O2. The van der Waals surface area contributed by atoms with E-state index in [1.165, 1.54) is 51.4 Å². The van der Waals surface area contributed by atoms with Crippen molar-refractivity contribution >= 4 is 0 Å². The number of rotatable bonds is 6. The van der Waals surface area contributed by atoms with Crippen molar-refractivity contribution in [2.24, 2.45) is 29.1 Å². The Labute approximate surface area is 179 Å². The quantitative estimate of drug-likeness (QED) is 0.528. The van der Waals surface area contributed by atoms with Crippen LogP contribution < -0.4 is 0 Å². The van der Waals surface area contributed by atoms with Crippen LogP contribution in [0.3, 0.4) is 0 Å². The molecule has 0 saturated heterocycles. The number of aliphatic hydroxyl groups excluding tert-OH is 2. The number of hydrogen-bond acceptors (Lipinski definition) is 2. The van der Waals surface area contributed by atoms with E-state index in [0.717, 1.165) is 28.9 Å². The Morgan fingerprint density at radius 1 is 1.14 bits per heavy atom. The van der Waals surface area contributed by atoms with Crippen molar-refractivity contribution in [3.63, 3.8) is 0 Å². The number of aliphatic hydroxyl groups is 2. The van der Waals surface area contributed by atoms with Crippen molar-refractivity contribution in [1.82, 2.24) is 0 Å². The topological polar surface area (TPSA) is 40.5 Å². The lowest BCUT2D eigenvalue weighted by molar-refractivity contribution is 0.0861. The first-order valence-corrected chi connectivity index (χ1v) is 12.2. The fourth-order valence-corrected chi connectivity index (χ4v) is 6.73. The first-order chi connectivity index (χ1) is 13.7. The molecule has 2 nitrogen and oxygen atoms in total. The molecule has 0 bridgehead atoms. The summed E-state index contributed by atoms with van der Waals surface area (Å²) in [5, 5.41) is 20.2. The molecule has 0 amide bonds. The second-order valence-corrected chi connectivity index (χ2v) is 11.0. The van der Waals surface area contributed by atoms with Crippen LogP contribution in [0.1, 0.15) is 91.9 Å². The van der Waals surface area contributed by atoms with Gasteiger partial charge in [-0.3, -0.25) is 0 Å². The highest BCUT2D eigenvalue weighted by molar-refractivity contribution is 5.38. The monoisotopic (exact) mass is 400 g/mol. The molecule has 0 spiro atoms. The van der Waals surface area contributed by atoms with Crippen molar-refractivity contribution in [2.45, 2.75) is 104 Å². The predicted molar refractivity (Wildman–Crippen MR) is 123 cm³/mol. The van der Waals surface area contributed by atoms with E-state index in [0.29, 0.717) is 24.2 Å². The second kappa shape index (κ2) is 9.52. The van der Waals surface area contributed by atoms with Crippen molar-refractivity contribution in [3.05, 3.63) is 35.5 Å².